The van der Waals surface area contributed by atoms with Crippen molar-refractivity contribution >= 4 is 17.0 Å². The summed E-state index contributed by atoms with van der Waals surface area (Å²) in [4.78, 5) is 34.4. The van der Waals surface area contributed by atoms with Crippen molar-refractivity contribution in [2.24, 2.45) is 0 Å². The van der Waals surface area contributed by atoms with Gasteiger partial charge in [-0.15, -0.1) is 0 Å². The van der Waals surface area contributed by atoms with E-state index in [0.717, 1.165) is 12.1 Å². The number of benzene rings is 2. The highest BCUT2D eigenvalue weighted by molar-refractivity contribution is 5.78. The molecule has 3 aromatic rings. The van der Waals surface area contributed by atoms with Gasteiger partial charge in [0.15, 0.2) is 0 Å². The molecule has 0 unspecified atom stereocenters. The molecule has 4 rings (SSSR count). The van der Waals surface area contributed by atoms with E-state index in [1.54, 1.807) is 56.9 Å². The lowest BCUT2D eigenvalue weighted by Gasteiger charge is -2.35. The van der Waals surface area contributed by atoms with Gasteiger partial charge in [-0.2, -0.15) is 13.2 Å². The standard InChI is InChI=1S/C27H31F3N4O4/c1-5-37-22-11-10-18(27(28,29)30)16-21(22)34-23(31-20-9-7-6-8-19(20)24(34)35)17-32-12-14-33(15-13-32)25(36)38-26(2,3)4/h6-11,16H,5,12-15,17H2,1-4H3. The van der Waals surface area contributed by atoms with Crippen LogP contribution in [-0.4, -0.2) is 63.8 Å². The van der Waals surface area contributed by atoms with Gasteiger partial charge in [-0.05, 0) is 58.0 Å². The molecule has 1 saturated heterocycles. The van der Waals surface area contributed by atoms with Gasteiger partial charge in [0.25, 0.3) is 5.56 Å². The fourth-order valence-electron chi connectivity index (χ4n) is 4.29. The second kappa shape index (κ2) is 10.6. The van der Waals surface area contributed by atoms with E-state index in [2.05, 4.69) is 4.98 Å². The largest absolute Gasteiger partial charge is 0.492 e. The fraction of sp³-hybridized carbons (Fsp3) is 0.444. The van der Waals surface area contributed by atoms with Gasteiger partial charge in [0.1, 0.15) is 17.2 Å². The summed E-state index contributed by atoms with van der Waals surface area (Å²) in [6, 6.07) is 9.81. The van der Waals surface area contributed by atoms with Crippen molar-refractivity contribution in [3.63, 3.8) is 0 Å². The number of ether oxygens (including phenoxy) is 2. The monoisotopic (exact) mass is 532 g/mol. The average molecular weight is 533 g/mol. The van der Waals surface area contributed by atoms with Gasteiger partial charge in [-0.1, -0.05) is 12.1 Å². The van der Waals surface area contributed by atoms with Gasteiger partial charge in [-0.3, -0.25) is 14.3 Å². The maximum atomic E-state index is 13.7. The van der Waals surface area contributed by atoms with Crippen molar-refractivity contribution in [3.05, 3.63) is 64.2 Å². The zero-order chi connectivity index (χ0) is 27.7. The van der Waals surface area contributed by atoms with E-state index >= 15 is 0 Å². The van der Waals surface area contributed by atoms with E-state index in [1.807, 2.05) is 4.90 Å². The summed E-state index contributed by atoms with van der Waals surface area (Å²) < 4.78 is 53.2. The number of para-hydroxylation sites is 1. The quantitative estimate of drug-likeness (QED) is 0.467. The van der Waals surface area contributed by atoms with Gasteiger partial charge in [0, 0.05) is 26.2 Å². The minimum absolute atomic E-state index is 0.0210. The molecule has 2 heterocycles. The van der Waals surface area contributed by atoms with Crippen LogP contribution < -0.4 is 10.3 Å². The Hall–Kier alpha value is -3.60. The first kappa shape index (κ1) is 27.4. The summed E-state index contributed by atoms with van der Waals surface area (Å²) >= 11 is 0. The molecule has 0 atom stereocenters. The van der Waals surface area contributed by atoms with Crippen molar-refractivity contribution in [1.82, 2.24) is 19.4 Å². The molecule has 1 amide bonds. The maximum Gasteiger partial charge on any atom is 0.416 e. The molecule has 1 aliphatic heterocycles. The van der Waals surface area contributed by atoms with Gasteiger partial charge in [0.05, 0.1) is 35.3 Å². The molecule has 0 N–H and O–H groups in total. The number of amides is 1. The Bertz CT molecular complexity index is 1370. The average Bonchev–Trinajstić information content (AvgIpc) is 2.84. The predicted octanol–water partition coefficient (Wildman–Crippen LogP) is 4.86. The molecule has 0 aliphatic carbocycles. The number of alkyl halides is 3. The van der Waals surface area contributed by atoms with Gasteiger partial charge < -0.3 is 14.4 Å². The highest BCUT2D eigenvalue weighted by Crippen LogP contribution is 2.34. The predicted molar refractivity (Wildman–Crippen MR) is 137 cm³/mol. The summed E-state index contributed by atoms with van der Waals surface area (Å²) in [5.74, 6) is 0.426. The van der Waals surface area contributed by atoms with Crippen molar-refractivity contribution < 1.29 is 27.4 Å². The second-order valence-electron chi connectivity index (χ2n) is 10.0. The van der Waals surface area contributed by atoms with Crippen LogP contribution in [0.15, 0.2) is 47.3 Å². The molecule has 2 aromatic carbocycles. The molecule has 0 radical (unpaired) electrons. The molecule has 0 saturated carbocycles. The number of piperazine rings is 1. The lowest BCUT2D eigenvalue weighted by Crippen LogP contribution is -2.50. The van der Waals surface area contributed by atoms with Crippen LogP contribution in [0.3, 0.4) is 0 Å². The molecule has 0 spiro atoms. The van der Waals surface area contributed by atoms with Gasteiger partial charge in [0.2, 0.25) is 0 Å². The van der Waals surface area contributed by atoms with Crippen LogP contribution in [0.4, 0.5) is 18.0 Å². The minimum Gasteiger partial charge on any atom is -0.492 e. The number of halogens is 3. The Balaban J connectivity index is 1.73. The molecule has 1 aliphatic rings. The van der Waals surface area contributed by atoms with Crippen LogP contribution in [0.2, 0.25) is 0 Å². The third-order valence-corrected chi connectivity index (χ3v) is 6.06. The molecule has 11 heteroatoms. The number of hydrogen-bond donors (Lipinski definition) is 0. The first-order valence-corrected chi connectivity index (χ1v) is 12.4. The lowest BCUT2D eigenvalue weighted by atomic mass is 10.1. The van der Waals surface area contributed by atoms with E-state index in [1.165, 1.54) is 10.6 Å². The topological polar surface area (TPSA) is 76.9 Å². The molecule has 8 nitrogen and oxygen atoms in total. The zero-order valence-electron chi connectivity index (χ0n) is 21.8. The third kappa shape index (κ3) is 6.09. The van der Waals surface area contributed by atoms with Crippen LogP contribution in [0, 0.1) is 0 Å². The summed E-state index contributed by atoms with van der Waals surface area (Å²) in [5.41, 5.74) is -1.57. The number of hydrogen-bond acceptors (Lipinski definition) is 6. The molecule has 0 bridgehead atoms. The zero-order valence-corrected chi connectivity index (χ0v) is 21.8. The second-order valence-corrected chi connectivity index (χ2v) is 10.0. The van der Waals surface area contributed by atoms with Crippen molar-refractivity contribution in [1.29, 1.82) is 0 Å². The number of nitrogens with zero attached hydrogens (tertiary/aromatic N) is 4. The summed E-state index contributed by atoms with van der Waals surface area (Å²) in [5, 5.41) is 0.283. The van der Waals surface area contributed by atoms with Crippen LogP contribution in [0.1, 0.15) is 39.1 Å². The van der Waals surface area contributed by atoms with E-state index < -0.39 is 29.0 Å². The third-order valence-electron chi connectivity index (χ3n) is 6.06. The van der Waals surface area contributed by atoms with E-state index in [-0.39, 0.29) is 35.8 Å². The summed E-state index contributed by atoms with van der Waals surface area (Å²) in [6.07, 6.45) is -5.01. The molecular formula is C27H31F3N4O4. The van der Waals surface area contributed by atoms with Crippen LogP contribution in [0.25, 0.3) is 16.6 Å². The highest BCUT2D eigenvalue weighted by atomic mass is 19.4. The van der Waals surface area contributed by atoms with Crippen LogP contribution in [-0.2, 0) is 17.5 Å². The molecule has 204 valence electrons. The Morgan fingerprint density at radius 1 is 1.03 bits per heavy atom. The number of carbonyl (C=O) groups excluding carboxylic acids is 1. The van der Waals surface area contributed by atoms with Crippen molar-refractivity contribution in [3.8, 4) is 11.4 Å². The minimum atomic E-state index is -4.61. The number of rotatable bonds is 5. The normalized spacial score (nSPS) is 15.1. The molecule has 1 aromatic heterocycles. The Labute approximate surface area is 218 Å². The number of carbonyl (C=O) groups is 1. The summed E-state index contributed by atoms with van der Waals surface area (Å²) in [6.45, 7) is 9.27. The fourth-order valence-corrected chi connectivity index (χ4v) is 4.29. The SMILES string of the molecule is CCOc1ccc(C(F)(F)F)cc1-n1c(CN2CCN(C(=O)OC(C)(C)C)CC2)nc2ccccc2c1=O. The van der Waals surface area contributed by atoms with Gasteiger partial charge >= 0.3 is 12.3 Å². The lowest BCUT2D eigenvalue weighted by molar-refractivity contribution is -0.137. The smallest absolute Gasteiger partial charge is 0.416 e. The van der Waals surface area contributed by atoms with Crippen molar-refractivity contribution in [2.45, 2.75) is 46.0 Å². The van der Waals surface area contributed by atoms with Crippen molar-refractivity contribution in [2.75, 3.05) is 32.8 Å². The van der Waals surface area contributed by atoms with E-state index in [0.29, 0.717) is 31.7 Å². The maximum absolute atomic E-state index is 13.7. The first-order chi connectivity index (χ1) is 17.9. The number of aromatic nitrogens is 2. The summed E-state index contributed by atoms with van der Waals surface area (Å²) in [7, 11) is 0. The van der Waals surface area contributed by atoms with E-state index in [9.17, 15) is 22.8 Å². The Morgan fingerprint density at radius 3 is 2.34 bits per heavy atom. The molecule has 38 heavy (non-hydrogen) atoms. The van der Waals surface area contributed by atoms with Gasteiger partial charge in [-0.25, -0.2) is 9.78 Å². The van der Waals surface area contributed by atoms with E-state index in [4.69, 9.17) is 9.47 Å². The first-order valence-electron chi connectivity index (χ1n) is 12.4. The van der Waals surface area contributed by atoms with Crippen LogP contribution >= 0.6 is 0 Å². The highest BCUT2D eigenvalue weighted by Gasteiger charge is 2.32. The molecule has 1 fully saturated rings. The Kier molecular flexibility index (Phi) is 7.68. The molecular weight excluding hydrogens is 501 g/mol. The van der Waals surface area contributed by atoms with Crippen LogP contribution in [0.5, 0.6) is 5.75 Å². The number of fused-ring (bicyclic) bond motifs is 1. The Morgan fingerprint density at radius 2 is 1.71 bits per heavy atom.